The van der Waals surface area contributed by atoms with Crippen LogP contribution in [0.15, 0.2) is 6.07 Å². The van der Waals surface area contributed by atoms with Crippen LogP contribution in [0.2, 0.25) is 0 Å². The quantitative estimate of drug-likeness (QED) is 0.889. The summed E-state index contributed by atoms with van der Waals surface area (Å²) in [5.74, 6) is -0.805. The Morgan fingerprint density at radius 1 is 1.42 bits per heavy atom. The molecule has 106 valence electrons. The van der Waals surface area contributed by atoms with Gasteiger partial charge in [0, 0.05) is 17.5 Å². The van der Waals surface area contributed by atoms with E-state index in [0.29, 0.717) is 10.9 Å². The van der Waals surface area contributed by atoms with Gasteiger partial charge in [0.1, 0.15) is 4.88 Å². The first-order chi connectivity index (χ1) is 9.11. The number of carboxylic acids is 1. The summed E-state index contributed by atoms with van der Waals surface area (Å²) >= 11 is 1.40. The monoisotopic (exact) mass is 281 g/mol. The van der Waals surface area contributed by atoms with Crippen LogP contribution in [0.25, 0.3) is 0 Å². The van der Waals surface area contributed by atoms with Crippen molar-refractivity contribution in [2.75, 3.05) is 6.54 Å². The van der Waals surface area contributed by atoms with Crippen molar-refractivity contribution in [3.63, 3.8) is 0 Å². The lowest BCUT2D eigenvalue weighted by molar-refractivity contribution is 0.0702. The summed E-state index contributed by atoms with van der Waals surface area (Å²) in [7, 11) is 0. The fourth-order valence-electron chi connectivity index (χ4n) is 2.95. The molecular weight excluding hydrogens is 258 g/mol. The Morgan fingerprint density at radius 2 is 2.11 bits per heavy atom. The SMILES string of the molecule is CCN(Cc1cc(C(=O)O)sc1C)C1CCCCC1. The van der Waals surface area contributed by atoms with E-state index in [2.05, 4.69) is 11.8 Å². The topological polar surface area (TPSA) is 40.5 Å². The smallest absolute Gasteiger partial charge is 0.345 e. The van der Waals surface area contributed by atoms with Crippen molar-refractivity contribution in [3.05, 3.63) is 21.4 Å². The third-order valence-corrected chi connectivity index (χ3v) is 5.18. The average molecular weight is 281 g/mol. The van der Waals surface area contributed by atoms with E-state index in [1.54, 1.807) is 0 Å². The van der Waals surface area contributed by atoms with Crippen LogP contribution in [0, 0.1) is 6.92 Å². The highest BCUT2D eigenvalue weighted by Gasteiger charge is 2.21. The minimum atomic E-state index is -0.805. The van der Waals surface area contributed by atoms with Crippen molar-refractivity contribution in [2.45, 2.75) is 58.5 Å². The molecule has 2 rings (SSSR count). The highest BCUT2D eigenvalue weighted by molar-refractivity contribution is 7.14. The molecule has 19 heavy (non-hydrogen) atoms. The largest absolute Gasteiger partial charge is 0.477 e. The molecule has 1 aliphatic rings. The highest BCUT2D eigenvalue weighted by Crippen LogP contribution is 2.27. The molecule has 0 unspecified atom stereocenters. The van der Waals surface area contributed by atoms with Gasteiger partial charge in [-0.15, -0.1) is 11.3 Å². The van der Waals surface area contributed by atoms with Gasteiger partial charge >= 0.3 is 5.97 Å². The van der Waals surface area contributed by atoms with Gasteiger partial charge in [-0.2, -0.15) is 0 Å². The van der Waals surface area contributed by atoms with Crippen LogP contribution in [0.4, 0.5) is 0 Å². The molecule has 1 aliphatic carbocycles. The first-order valence-electron chi connectivity index (χ1n) is 7.18. The molecule has 0 aromatic carbocycles. The third kappa shape index (κ3) is 3.57. The Balaban J connectivity index is 2.06. The predicted molar refractivity (Wildman–Crippen MR) is 79.0 cm³/mol. The number of aromatic carboxylic acids is 1. The average Bonchev–Trinajstić information content (AvgIpc) is 2.78. The molecule has 1 fully saturated rings. The molecule has 0 saturated heterocycles. The normalized spacial score (nSPS) is 17.0. The first-order valence-corrected chi connectivity index (χ1v) is 8.00. The Bertz CT molecular complexity index is 435. The first kappa shape index (κ1) is 14.5. The van der Waals surface area contributed by atoms with E-state index >= 15 is 0 Å². The summed E-state index contributed by atoms with van der Waals surface area (Å²) in [4.78, 5) is 15.1. The molecule has 1 aromatic heterocycles. The summed E-state index contributed by atoms with van der Waals surface area (Å²) in [6, 6.07) is 2.54. The number of nitrogens with zero attached hydrogens (tertiary/aromatic N) is 1. The molecule has 0 aliphatic heterocycles. The van der Waals surface area contributed by atoms with E-state index in [9.17, 15) is 4.79 Å². The second-order valence-electron chi connectivity index (χ2n) is 5.35. The third-order valence-electron chi connectivity index (χ3n) is 4.10. The molecule has 3 nitrogen and oxygen atoms in total. The molecule has 0 spiro atoms. The van der Waals surface area contributed by atoms with Crippen LogP contribution in [0.1, 0.15) is 59.1 Å². The molecule has 0 bridgehead atoms. The zero-order valence-electron chi connectivity index (χ0n) is 11.8. The lowest BCUT2D eigenvalue weighted by Gasteiger charge is -2.33. The minimum absolute atomic E-state index is 0.465. The van der Waals surface area contributed by atoms with Gasteiger partial charge in [0.05, 0.1) is 0 Å². The molecular formula is C15H23NO2S. The van der Waals surface area contributed by atoms with Crippen LogP contribution in [0.3, 0.4) is 0 Å². The zero-order chi connectivity index (χ0) is 13.8. The maximum absolute atomic E-state index is 11.0. The van der Waals surface area contributed by atoms with Crippen molar-refractivity contribution < 1.29 is 9.90 Å². The van der Waals surface area contributed by atoms with Gasteiger partial charge in [0.15, 0.2) is 0 Å². The Labute approximate surface area is 119 Å². The van der Waals surface area contributed by atoms with Gasteiger partial charge in [0.25, 0.3) is 0 Å². The van der Waals surface area contributed by atoms with Gasteiger partial charge in [-0.3, -0.25) is 4.90 Å². The number of carboxylic acid groups (broad SMARTS) is 1. The van der Waals surface area contributed by atoms with Crippen LogP contribution < -0.4 is 0 Å². The zero-order valence-corrected chi connectivity index (χ0v) is 12.6. The van der Waals surface area contributed by atoms with Gasteiger partial charge < -0.3 is 5.11 Å². The van der Waals surface area contributed by atoms with Crippen molar-refractivity contribution >= 4 is 17.3 Å². The van der Waals surface area contributed by atoms with Crippen molar-refractivity contribution in [2.24, 2.45) is 0 Å². The van der Waals surface area contributed by atoms with Crippen molar-refractivity contribution in [3.8, 4) is 0 Å². The van der Waals surface area contributed by atoms with Crippen LogP contribution in [-0.4, -0.2) is 28.6 Å². The van der Waals surface area contributed by atoms with Crippen LogP contribution in [0.5, 0.6) is 0 Å². The Hall–Kier alpha value is -0.870. The van der Waals surface area contributed by atoms with Gasteiger partial charge in [-0.1, -0.05) is 26.2 Å². The van der Waals surface area contributed by atoms with E-state index in [0.717, 1.165) is 18.0 Å². The fraction of sp³-hybridized carbons (Fsp3) is 0.667. The Kier molecular flexibility index (Phi) is 4.99. The summed E-state index contributed by atoms with van der Waals surface area (Å²) in [6.45, 7) is 6.18. The molecule has 1 saturated carbocycles. The summed E-state index contributed by atoms with van der Waals surface area (Å²) in [5.41, 5.74) is 1.19. The van der Waals surface area contributed by atoms with Crippen LogP contribution >= 0.6 is 11.3 Å². The number of rotatable bonds is 5. The number of thiophene rings is 1. The summed E-state index contributed by atoms with van der Waals surface area (Å²) in [6.07, 6.45) is 6.63. The second kappa shape index (κ2) is 6.53. The highest BCUT2D eigenvalue weighted by atomic mass is 32.1. The molecule has 0 atom stereocenters. The molecule has 0 radical (unpaired) electrons. The second-order valence-corrected chi connectivity index (χ2v) is 6.61. The maximum Gasteiger partial charge on any atom is 0.345 e. The lowest BCUT2D eigenvalue weighted by Crippen LogP contribution is -2.36. The van der Waals surface area contributed by atoms with E-state index < -0.39 is 5.97 Å². The van der Waals surface area contributed by atoms with Crippen molar-refractivity contribution in [1.82, 2.24) is 4.90 Å². The molecule has 1 aromatic rings. The van der Waals surface area contributed by atoms with Gasteiger partial charge in [-0.25, -0.2) is 4.79 Å². The van der Waals surface area contributed by atoms with E-state index in [4.69, 9.17) is 5.11 Å². The Morgan fingerprint density at radius 3 is 2.63 bits per heavy atom. The van der Waals surface area contributed by atoms with E-state index in [1.807, 2.05) is 13.0 Å². The lowest BCUT2D eigenvalue weighted by atomic mass is 9.94. The number of carbonyl (C=O) groups is 1. The molecule has 4 heteroatoms. The summed E-state index contributed by atoms with van der Waals surface area (Å²) in [5, 5.41) is 9.06. The van der Waals surface area contributed by atoms with Crippen LogP contribution in [-0.2, 0) is 6.54 Å². The number of aryl methyl sites for hydroxylation is 1. The predicted octanol–water partition coefficient (Wildman–Crippen LogP) is 3.91. The maximum atomic E-state index is 11.0. The molecule has 1 heterocycles. The van der Waals surface area contributed by atoms with Gasteiger partial charge in [-0.05, 0) is 37.9 Å². The fourth-order valence-corrected chi connectivity index (χ4v) is 3.82. The van der Waals surface area contributed by atoms with E-state index in [1.165, 1.54) is 49.0 Å². The molecule has 1 N–H and O–H groups in total. The van der Waals surface area contributed by atoms with Gasteiger partial charge in [0.2, 0.25) is 0 Å². The number of hydrogen-bond acceptors (Lipinski definition) is 3. The number of hydrogen-bond donors (Lipinski definition) is 1. The summed E-state index contributed by atoms with van der Waals surface area (Å²) < 4.78 is 0. The van der Waals surface area contributed by atoms with E-state index in [-0.39, 0.29) is 0 Å². The van der Waals surface area contributed by atoms with Crippen molar-refractivity contribution in [1.29, 1.82) is 0 Å². The molecule has 0 amide bonds. The minimum Gasteiger partial charge on any atom is -0.477 e. The standard InChI is InChI=1S/C15H23NO2S/c1-3-16(13-7-5-4-6-8-13)10-12-9-14(15(17)18)19-11(12)2/h9,13H,3-8,10H2,1-2H3,(H,17,18).